The lowest BCUT2D eigenvalue weighted by Gasteiger charge is -2.16. The molecule has 0 aliphatic rings. The lowest BCUT2D eigenvalue weighted by molar-refractivity contribution is 0.0955. The molecule has 0 fully saturated rings. The van der Waals surface area contributed by atoms with E-state index in [2.05, 4.69) is 33.1 Å². The molecule has 0 spiro atoms. The van der Waals surface area contributed by atoms with Crippen LogP contribution in [-0.4, -0.2) is 31.4 Å². The minimum Gasteiger partial charge on any atom is -0.494 e. The van der Waals surface area contributed by atoms with Gasteiger partial charge in [0.05, 0.1) is 29.1 Å². The topological polar surface area (TPSA) is 69.2 Å². The number of benzene rings is 2. The van der Waals surface area contributed by atoms with Crippen molar-refractivity contribution >= 4 is 34.7 Å². The van der Waals surface area contributed by atoms with Gasteiger partial charge in [-0.15, -0.1) is 0 Å². The largest absolute Gasteiger partial charge is 0.494 e. The Morgan fingerprint density at radius 3 is 2.43 bits per heavy atom. The summed E-state index contributed by atoms with van der Waals surface area (Å²) in [6.07, 6.45) is 1.62. The highest BCUT2D eigenvalue weighted by molar-refractivity contribution is 14.1. The molecule has 28 heavy (non-hydrogen) atoms. The van der Waals surface area contributed by atoms with Crippen molar-refractivity contribution in [1.29, 1.82) is 0 Å². The third-order valence-corrected chi connectivity index (χ3v) is 4.29. The summed E-state index contributed by atoms with van der Waals surface area (Å²) in [6.45, 7) is 8.88. The molecule has 7 heteroatoms. The van der Waals surface area contributed by atoms with Gasteiger partial charge in [0.2, 0.25) is 0 Å². The zero-order valence-electron chi connectivity index (χ0n) is 16.5. The minimum absolute atomic E-state index is 0.0423. The van der Waals surface area contributed by atoms with Gasteiger partial charge in [-0.1, -0.05) is 0 Å². The van der Waals surface area contributed by atoms with Gasteiger partial charge in [0.15, 0.2) is 11.5 Å². The van der Waals surface area contributed by atoms with Crippen molar-refractivity contribution in [2.24, 2.45) is 5.10 Å². The molecule has 0 aromatic heterocycles. The SMILES string of the molecule is CCOc1ccc(C(=O)N/N=C/c2cc(I)c(OC(C)C)c(OCC)c2)cc1. The summed E-state index contributed by atoms with van der Waals surface area (Å²) in [7, 11) is 0. The molecule has 1 N–H and O–H groups in total. The number of carbonyl (C=O) groups excluding carboxylic acids is 1. The van der Waals surface area contributed by atoms with E-state index in [4.69, 9.17) is 14.2 Å². The van der Waals surface area contributed by atoms with Crippen molar-refractivity contribution < 1.29 is 19.0 Å². The normalized spacial score (nSPS) is 10.9. The van der Waals surface area contributed by atoms with E-state index in [-0.39, 0.29) is 12.0 Å². The molecule has 0 bridgehead atoms. The summed E-state index contributed by atoms with van der Waals surface area (Å²) in [5.41, 5.74) is 3.84. The van der Waals surface area contributed by atoms with Crippen LogP contribution < -0.4 is 19.6 Å². The summed E-state index contributed by atoms with van der Waals surface area (Å²) in [6, 6.07) is 10.7. The van der Waals surface area contributed by atoms with E-state index in [1.54, 1.807) is 30.5 Å². The van der Waals surface area contributed by atoms with Crippen molar-refractivity contribution in [3.8, 4) is 17.2 Å². The zero-order valence-corrected chi connectivity index (χ0v) is 18.6. The molecule has 0 radical (unpaired) electrons. The van der Waals surface area contributed by atoms with Crippen molar-refractivity contribution in [1.82, 2.24) is 5.43 Å². The quantitative estimate of drug-likeness (QED) is 0.312. The summed E-state index contributed by atoms with van der Waals surface area (Å²) in [5, 5.41) is 4.05. The maximum absolute atomic E-state index is 12.2. The number of amides is 1. The molecule has 0 aliphatic carbocycles. The molecule has 0 saturated heterocycles. The highest BCUT2D eigenvalue weighted by atomic mass is 127. The first-order valence-electron chi connectivity index (χ1n) is 9.13. The third kappa shape index (κ3) is 6.40. The second-order valence-corrected chi connectivity index (χ2v) is 7.25. The highest BCUT2D eigenvalue weighted by Crippen LogP contribution is 2.34. The van der Waals surface area contributed by atoms with Gasteiger partial charge >= 0.3 is 0 Å². The van der Waals surface area contributed by atoms with Crippen LogP contribution in [0.1, 0.15) is 43.6 Å². The van der Waals surface area contributed by atoms with Crippen LogP contribution >= 0.6 is 22.6 Å². The Morgan fingerprint density at radius 1 is 1.14 bits per heavy atom. The zero-order chi connectivity index (χ0) is 20.5. The average Bonchev–Trinajstić information content (AvgIpc) is 2.65. The Balaban J connectivity index is 2.09. The highest BCUT2D eigenvalue weighted by Gasteiger charge is 2.13. The molecule has 1 amide bonds. The number of halogens is 1. The number of ether oxygens (including phenoxy) is 3. The van der Waals surface area contributed by atoms with Crippen LogP contribution in [0, 0.1) is 3.57 Å². The van der Waals surface area contributed by atoms with Gasteiger partial charge in [-0.3, -0.25) is 4.79 Å². The van der Waals surface area contributed by atoms with E-state index in [0.29, 0.717) is 30.3 Å². The van der Waals surface area contributed by atoms with E-state index in [1.807, 2.05) is 39.8 Å². The van der Waals surface area contributed by atoms with Gasteiger partial charge < -0.3 is 14.2 Å². The Morgan fingerprint density at radius 2 is 1.82 bits per heavy atom. The summed E-state index contributed by atoms with van der Waals surface area (Å²) in [5.74, 6) is 1.80. The maximum atomic E-state index is 12.2. The van der Waals surface area contributed by atoms with Crippen LogP contribution in [0.25, 0.3) is 0 Å². The van der Waals surface area contributed by atoms with Gasteiger partial charge in [0.1, 0.15) is 5.75 Å². The molecule has 2 aromatic carbocycles. The lowest BCUT2D eigenvalue weighted by atomic mass is 10.2. The van der Waals surface area contributed by atoms with Gasteiger partial charge in [-0.2, -0.15) is 5.10 Å². The van der Waals surface area contributed by atoms with Crippen LogP contribution in [0.4, 0.5) is 0 Å². The van der Waals surface area contributed by atoms with Crippen molar-refractivity contribution in [2.45, 2.75) is 33.8 Å². The smallest absolute Gasteiger partial charge is 0.271 e. The molecule has 150 valence electrons. The molecular weight excluding hydrogens is 471 g/mol. The van der Waals surface area contributed by atoms with Gasteiger partial charge in [0, 0.05) is 5.56 Å². The molecule has 2 aromatic rings. The average molecular weight is 496 g/mol. The minimum atomic E-state index is -0.293. The number of hydrogen-bond acceptors (Lipinski definition) is 5. The van der Waals surface area contributed by atoms with Crippen LogP contribution in [0.2, 0.25) is 0 Å². The van der Waals surface area contributed by atoms with Gasteiger partial charge in [0.25, 0.3) is 5.91 Å². The molecule has 0 atom stereocenters. The monoisotopic (exact) mass is 496 g/mol. The van der Waals surface area contributed by atoms with E-state index >= 15 is 0 Å². The first-order valence-corrected chi connectivity index (χ1v) is 10.2. The lowest BCUT2D eigenvalue weighted by Crippen LogP contribution is -2.17. The maximum Gasteiger partial charge on any atom is 0.271 e. The molecule has 2 rings (SSSR count). The Kier molecular flexibility index (Phi) is 8.56. The summed E-state index contributed by atoms with van der Waals surface area (Å²) < 4.78 is 17.8. The van der Waals surface area contributed by atoms with Gasteiger partial charge in [-0.05, 0) is 92.2 Å². The fourth-order valence-electron chi connectivity index (χ4n) is 2.37. The standard InChI is InChI=1S/C21H25IN2O4/c1-5-26-17-9-7-16(8-10-17)21(25)24-23-13-15-11-18(22)20(28-14(3)4)19(12-15)27-6-2/h7-14H,5-6H2,1-4H3,(H,24,25)/b23-13+. The summed E-state index contributed by atoms with van der Waals surface area (Å²) in [4.78, 5) is 12.2. The number of nitrogens with zero attached hydrogens (tertiary/aromatic N) is 1. The second kappa shape index (κ2) is 10.9. The molecule has 0 heterocycles. The first kappa shape index (κ1) is 22.0. The fraction of sp³-hybridized carbons (Fsp3) is 0.333. The van der Waals surface area contributed by atoms with Crippen LogP contribution in [0.5, 0.6) is 17.2 Å². The third-order valence-electron chi connectivity index (χ3n) is 3.49. The Bertz CT molecular complexity index is 820. The van der Waals surface area contributed by atoms with Crippen LogP contribution in [0.3, 0.4) is 0 Å². The predicted octanol–water partition coefficient (Wildman–Crippen LogP) is 4.64. The van der Waals surface area contributed by atoms with Crippen LogP contribution in [-0.2, 0) is 0 Å². The second-order valence-electron chi connectivity index (χ2n) is 6.09. The van der Waals surface area contributed by atoms with Crippen molar-refractivity contribution in [3.05, 3.63) is 51.1 Å². The van der Waals surface area contributed by atoms with Gasteiger partial charge in [-0.25, -0.2) is 5.43 Å². The van der Waals surface area contributed by atoms with E-state index < -0.39 is 0 Å². The number of hydrogen-bond donors (Lipinski definition) is 1. The number of rotatable bonds is 9. The van der Waals surface area contributed by atoms with Crippen molar-refractivity contribution in [2.75, 3.05) is 13.2 Å². The molecule has 6 nitrogen and oxygen atoms in total. The van der Waals surface area contributed by atoms with E-state index in [1.165, 1.54) is 0 Å². The summed E-state index contributed by atoms with van der Waals surface area (Å²) >= 11 is 2.20. The van der Waals surface area contributed by atoms with E-state index in [0.717, 1.165) is 14.9 Å². The Labute approximate surface area is 179 Å². The fourth-order valence-corrected chi connectivity index (χ4v) is 3.13. The molecular formula is C21H25IN2O4. The Hall–Kier alpha value is -2.29. The van der Waals surface area contributed by atoms with Crippen molar-refractivity contribution in [3.63, 3.8) is 0 Å². The number of hydrazone groups is 1. The molecule has 0 saturated carbocycles. The molecule has 0 unspecified atom stereocenters. The van der Waals surface area contributed by atoms with E-state index in [9.17, 15) is 4.79 Å². The first-order chi connectivity index (χ1) is 13.4. The number of nitrogens with one attached hydrogen (secondary N) is 1. The molecule has 0 aliphatic heterocycles. The predicted molar refractivity (Wildman–Crippen MR) is 119 cm³/mol. The number of carbonyl (C=O) groups is 1. The van der Waals surface area contributed by atoms with Crippen LogP contribution in [0.15, 0.2) is 41.5 Å².